The zero-order valence-electron chi connectivity index (χ0n) is 7.72. The molecule has 3 heteroatoms. The van der Waals surface area contributed by atoms with E-state index in [0.717, 1.165) is 8.59 Å². The maximum atomic E-state index is 6.04. The van der Waals surface area contributed by atoms with Crippen LogP contribution in [0, 0.1) is 9.49 Å². The van der Waals surface area contributed by atoms with E-state index in [2.05, 4.69) is 36.4 Å². The summed E-state index contributed by atoms with van der Waals surface area (Å²) in [5.41, 5.74) is 7.22. The van der Waals surface area contributed by atoms with Crippen molar-refractivity contribution in [3.8, 4) is 0 Å². The summed E-state index contributed by atoms with van der Waals surface area (Å²) < 4.78 is 1.14. The summed E-state index contributed by atoms with van der Waals surface area (Å²) in [6.45, 7) is 4.24. The lowest BCUT2D eigenvalue weighted by Gasteiger charge is -2.17. The van der Waals surface area contributed by atoms with Crippen LogP contribution >= 0.6 is 34.2 Å². The van der Waals surface area contributed by atoms with Crippen LogP contribution < -0.4 is 5.73 Å². The van der Waals surface area contributed by atoms with Crippen molar-refractivity contribution in [2.24, 2.45) is 11.7 Å². The van der Waals surface area contributed by atoms with Crippen molar-refractivity contribution < 1.29 is 0 Å². The smallest absolute Gasteiger partial charge is 0.0416 e. The monoisotopic (exact) mass is 309 g/mol. The predicted molar refractivity (Wildman–Crippen MR) is 65.9 cm³/mol. The average molecular weight is 310 g/mol. The van der Waals surface area contributed by atoms with Crippen molar-refractivity contribution in [1.29, 1.82) is 0 Å². The Morgan fingerprint density at radius 2 is 2.00 bits per heavy atom. The molecule has 0 saturated heterocycles. The SMILES string of the molecule is CC(C)[C@H](N)c1ccc(Cl)cc1I. The van der Waals surface area contributed by atoms with Gasteiger partial charge in [-0.15, -0.1) is 0 Å². The highest BCUT2D eigenvalue weighted by molar-refractivity contribution is 14.1. The predicted octanol–water partition coefficient (Wildman–Crippen LogP) is 3.60. The maximum Gasteiger partial charge on any atom is 0.0416 e. The number of hydrogen-bond acceptors (Lipinski definition) is 1. The first-order valence-electron chi connectivity index (χ1n) is 4.23. The molecule has 1 aromatic carbocycles. The molecule has 0 spiro atoms. The fraction of sp³-hybridized carbons (Fsp3) is 0.400. The molecular weight excluding hydrogens is 296 g/mol. The maximum absolute atomic E-state index is 6.04. The van der Waals surface area contributed by atoms with Crippen molar-refractivity contribution >= 4 is 34.2 Å². The van der Waals surface area contributed by atoms with Gasteiger partial charge in [-0.05, 0) is 46.2 Å². The van der Waals surface area contributed by atoms with Crippen LogP contribution in [0.2, 0.25) is 5.02 Å². The van der Waals surface area contributed by atoms with Crippen molar-refractivity contribution in [3.05, 3.63) is 32.4 Å². The second-order valence-electron chi connectivity index (χ2n) is 3.44. The molecule has 1 rings (SSSR count). The first-order chi connectivity index (χ1) is 6.02. The van der Waals surface area contributed by atoms with Gasteiger partial charge in [-0.1, -0.05) is 31.5 Å². The average Bonchev–Trinajstić information content (AvgIpc) is 2.03. The van der Waals surface area contributed by atoms with E-state index in [4.69, 9.17) is 17.3 Å². The van der Waals surface area contributed by atoms with Gasteiger partial charge in [0.1, 0.15) is 0 Å². The van der Waals surface area contributed by atoms with E-state index >= 15 is 0 Å². The lowest BCUT2D eigenvalue weighted by molar-refractivity contribution is 0.512. The third-order valence-corrected chi connectivity index (χ3v) is 3.21. The van der Waals surface area contributed by atoms with Gasteiger partial charge < -0.3 is 5.73 Å². The van der Waals surface area contributed by atoms with Gasteiger partial charge in [0, 0.05) is 14.6 Å². The van der Waals surface area contributed by atoms with Crippen molar-refractivity contribution in [3.63, 3.8) is 0 Å². The molecule has 0 aliphatic rings. The van der Waals surface area contributed by atoms with Crippen LogP contribution in [0.25, 0.3) is 0 Å². The summed E-state index contributed by atoms with van der Waals surface area (Å²) in [6.07, 6.45) is 0. The van der Waals surface area contributed by atoms with Gasteiger partial charge in [-0.3, -0.25) is 0 Å². The van der Waals surface area contributed by atoms with Gasteiger partial charge >= 0.3 is 0 Å². The minimum absolute atomic E-state index is 0.101. The summed E-state index contributed by atoms with van der Waals surface area (Å²) in [6, 6.07) is 5.94. The Labute approximate surface area is 97.8 Å². The van der Waals surface area contributed by atoms with Crippen LogP contribution in [-0.4, -0.2) is 0 Å². The molecule has 0 unspecified atom stereocenters. The molecule has 1 atom stereocenters. The minimum atomic E-state index is 0.101. The van der Waals surface area contributed by atoms with E-state index in [0.29, 0.717) is 5.92 Å². The normalized spacial score (nSPS) is 13.4. The molecule has 2 N–H and O–H groups in total. The van der Waals surface area contributed by atoms with Gasteiger partial charge in [0.05, 0.1) is 0 Å². The van der Waals surface area contributed by atoms with Crippen LogP contribution in [0.4, 0.5) is 0 Å². The number of benzene rings is 1. The Morgan fingerprint density at radius 1 is 1.38 bits per heavy atom. The molecule has 0 saturated carbocycles. The minimum Gasteiger partial charge on any atom is -0.324 e. The van der Waals surface area contributed by atoms with E-state index in [1.54, 1.807) is 0 Å². The number of nitrogens with two attached hydrogens (primary N) is 1. The van der Waals surface area contributed by atoms with Crippen molar-refractivity contribution in [2.75, 3.05) is 0 Å². The second kappa shape index (κ2) is 4.62. The van der Waals surface area contributed by atoms with Crippen LogP contribution in [0.1, 0.15) is 25.5 Å². The summed E-state index contributed by atoms with van der Waals surface area (Å²) in [7, 11) is 0. The molecule has 1 nitrogen and oxygen atoms in total. The van der Waals surface area contributed by atoms with Crippen LogP contribution in [0.5, 0.6) is 0 Å². The van der Waals surface area contributed by atoms with E-state index in [1.165, 1.54) is 5.56 Å². The molecule has 72 valence electrons. The Kier molecular flexibility index (Phi) is 4.01. The molecule has 0 aromatic heterocycles. The second-order valence-corrected chi connectivity index (χ2v) is 5.03. The van der Waals surface area contributed by atoms with E-state index < -0.39 is 0 Å². The number of rotatable bonds is 2. The molecule has 0 heterocycles. The Morgan fingerprint density at radius 3 is 2.46 bits per heavy atom. The lowest BCUT2D eigenvalue weighted by atomic mass is 9.97. The van der Waals surface area contributed by atoms with Crippen molar-refractivity contribution in [2.45, 2.75) is 19.9 Å². The molecule has 1 aromatic rings. The quantitative estimate of drug-likeness (QED) is 0.830. The van der Waals surface area contributed by atoms with Crippen LogP contribution in [0.3, 0.4) is 0 Å². The van der Waals surface area contributed by atoms with Gasteiger partial charge in [0.15, 0.2) is 0 Å². The largest absolute Gasteiger partial charge is 0.324 e. The standard InChI is InChI=1S/C10H13ClIN/c1-6(2)10(13)8-4-3-7(11)5-9(8)12/h3-6,10H,13H2,1-2H3/t10-/m0/s1. The first kappa shape index (κ1) is 11.3. The summed E-state index contributed by atoms with van der Waals surface area (Å²) >= 11 is 8.13. The molecule has 0 amide bonds. The summed E-state index contributed by atoms with van der Waals surface area (Å²) in [5, 5.41) is 0.768. The highest BCUT2D eigenvalue weighted by Crippen LogP contribution is 2.26. The zero-order chi connectivity index (χ0) is 10.0. The fourth-order valence-corrected chi connectivity index (χ4v) is 2.36. The molecule has 0 fully saturated rings. The molecule has 0 radical (unpaired) electrons. The third kappa shape index (κ3) is 2.82. The van der Waals surface area contributed by atoms with Crippen molar-refractivity contribution in [1.82, 2.24) is 0 Å². The Hall–Kier alpha value is 0.200. The fourth-order valence-electron chi connectivity index (χ4n) is 1.13. The molecule has 0 bridgehead atoms. The molecule has 0 aliphatic heterocycles. The Balaban J connectivity index is 3.01. The third-order valence-electron chi connectivity index (χ3n) is 2.04. The van der Waals surface area contributed by atoms with E-state index in [9.17, 15) is 0 Å². The van der Waals surface area contributed by atoms with Gasteiger partial charge in [0.25, 0.3) is 0 Å². The van der Waals surface area contributed by atoms with E-state index in [1.807, 2.05) is 18.2 Å². The highest BCUT2D eigenvalue weighted by atomic mass is 127. The summed E-state index contributed by atoms with van der Waals surface area (Å²) in [5.74, 6) is 0.453. The molecule has 13 heavy (non-hydrogen) atoms. The van der Waals surface area contributed by atoms with Gasteiger partial charge in [0.2, 0.25) is 0 Å². The number of hydrogen-bond donors (Lipinski definition) is 1. The first-order valence-corrected chi connectivity index (χ1v) is 5.68. The topological polar surface area (TPSA) is 26.0 Å². The molecule has 0 aliphatic carbocycles. The highest BCUT2D eigenvalue weighted by Gasteiger charge is 2.13. The lowest BCUT2D eigenvalue weighted by Crippen LogP contribution is -2.17. The van der Waals surface area contributed by atoms with Crippen LogP contribution in [0.15, 0.2) is 18.2 Å². The summed E-state index contributed by atoms with van der Waals surface area (Å²) in [4.78, 5) is 0. The number of halogens is 2. The van der Waals surface area contributed by atoms with Crippen LogP contribution in [-0.2, 0) is 0 Å². The zero-order valence-corrected chi connectivity index (χ0v) is 10.6. The molecular formula is C10H13ClIN. The van der Waals surface area contributed by atoms with Gasteiger partial charge in [-0.2, -0.15) is 0 Å². The van der Waals surface area contributed by atoms with Gasteiger partial charge in [-0.25, -0.2) is 0 Å². The van der Waals surface area contributed by atoms with E-state index in [-0.39, 0.29) is 6.04 Å². The Bertz CT molecular complexity index is 299.